The average molecular weight is 381 g/mol. The Labute approximate surface area is 154 Å². The number of primary amides is 1. The number of halogens is 1. The van der Waals surface area contributed by atoms with Gasteiger partial charge in [-0.25, -0.2) is 0 Å². The van der Waals surface area contributed by atoms with E-state index in [1.807, 2.05) is 24.3 Å². The Morgan fingerprint density at radius 2 is 2.04 bits per heavy atom. The first-order valence-electron chi connectivity index (χ1n) is 7.15. The predicted octanol–water partition coefficient (Wildman–Crippen LogP) is 3.81. The molecule has 7 heteroatoms. The van der Waals surface area contributed by atoms with Crippen molar-refractivity contribution in [2.45, 2.75) is 11.4 Å². The van der Waals surface area contributed by atoms with Crippen LogP contribution in [0.5, 0.6) is 0 Å². The maximum Gasteiger partial charge on any atom is 0.255 e. The van der Waals surface area contributed by atoms with Crippen LogP contribution in [0, 0.1) is 0 Å². The monoisotopic (exact) mass is 380 g/mol. The van der Waals surface area contributed by atoms with Crippen molar-refractivity contribution in [2.75, 3.05) is 12.3 Å². The fourth-order valence-electron chi connectivity index (χ4n) is 2.09. The molecule has 24 heavy (non-hydrogen) atoms. The summed E-state index contributed by atoms with van der Waals surface area (Å²) in [5.41, 5.74) is 5.75. The summed E-state index contributed by atoms with van der Waals surface area (Å²) in [7, 11) is 0. The molecule has 0 fully saturated rings. The van der Waals surface area contributed by atoms with Crippen LogP contribution < -0.4 is 5.73 Å². The number of rotatable bonds is 8. The molecule has 2 rings (SSSR count). The predicted molar refractivity (Wildman–Crippen MR) is 101 cm³/mol. The molecule has 0 saturated carbocycles. The Morgan fingerprint density at radius 3 is 2.67 bits per heavy atom. The molecule has 1 aromatic heterocycles. The number of thioether (sulfide) groups is 1. The number of carbonyl (C=O) groups is 2. The summed E-state index contributed by atoms with van der Waals surface area (Å²) in [4.78, 5) is 27.4. The van der Waals surface area contributed by atoms with Gasteiger partial charge in [-0.05, 0) is 24.3 Å². The highest BCUT2D eigenvalue weighted by Crippen LogP contribution is 2.26. The lowest BCUT2D eigenvalue weighted by atomic mass is 10.2. The van der Waals surface area contributed by atoms with E-state index in [9.17, 15) is 9.59 Å². The first-order chi connectivity index (χ1) is 11.5. The van der Waals surface area contributed by atoms with Gasteiger partial charge in [0, 0.05) is 16.3 Å². The topological polar surface area (TPSA) is 63.4 Å². The number of hydrogen-bond donors (Lipinski definition) is 1. The number of benzene rings is 1. The zero-order valence-corrected chi connectivity index (χ0v) is 15.3. The molecular weight excluding hydrogens is 364 g/mol. The minimum Gasteiger partial charge on any atom is -0.369 e. The number of carbonyl (C=O) groups excluding carboxylic acids is 2. The van der Waals surface area contributed by atoms with Gasteiger partial charge in [0.25, 0.3) is 5.91 Å². The standard InChI is InChI=1S/C17H17ClN2O2S2/c1-2-9-20(10-12-7-8-15(18)24-12)17(22)13-5-3-4-6-14(13)23-11-16(19)21/h2-8H,1,9-11H2,(H2,19,21). The van der Waals surface area contributed by atoms with Crippen molar-refractivity contribution in [1.82, 2.24) is 4.90 Å². The van der Waals surface area contributed by atoms with Crippen molar-refractivity contribution in [3.63, 3.8) is 0 Å². The summed E-state index contributed by atoms with van der Waals surface area (Å²) >= 11 is 8.67. The second-order valence-electron chi connectivity index (χ2n) is 4.93. The van der Waals surface area contributed by atoms with Crippen LogP contribution in [0.4, 0.5) is 0 Å². The van der Waals surface area contributed by atoms with Crippen LogP contribution in [0.3, 0.4) is 0 Å². The average Bonchev–Trinajstić information content (AvgIpc) is 2.97. The van der Waals surface area contributed by atoms with E-state index in [1.165, 1.54) is 23.1 Å². The molecule has 0 bridgehead atoms. The summed E-state index contributed by atoms with van der Waals surface area (Å²) in [6.45, 7) is 4.60. The van der Waals surface area contributed by atoms with Gasteiger partial charge in [-0.1, -0.05) is 29.8 Å². The third kappa shape index (κ3) is 5.12. The number of nitrogens with two attached hydrogens (primary N) is 1. The van der Waals surface area contributed by atoms with E-state index in [-0.39, 0.29) is 11.7 Å². The fraction of sp³-hybridized carbons (Fsp3) is 0.176. The Balaban J connectivity index is 2.22. The highest BCUT2D eigenvalue weighted by molar-refractivity contribution is 8.00. The minimum atomic E-state index is -0.418. The maximum atomic E-state index is 12.9. The number of amides is 2. The van der Waals surface area contributed by atoms with Crippen molar-refractivity contribution in [3.05, 3.63) is 63.8 Å². The SMILES string of the molecule is C=CCN(Cc1ccc(Cl)s1)C(=O)c1ccccc1SCC(N)=O. The van der Waals surface area contributed by atoms with Gasteiger partial charge in [-0.3, -0.25) is 9.59 Å². The molecule has 0 radical (unpaired) electrons. The van der Waals surface area contributed by atoms with Crippen molar-refractivity contribution in [2.24, 2.45) is 5.73 Å². The van der Waals surface area contributed by atoms with E-state index >= 15 is 0 Å². The van der Waals surface area contributed by atoms with Crippen LogP contribution >= 0.6 is 34.7 Å². The lowest BCUT2D eigenvalue weighted by Crippen LogP contribution is -2.30. The number of nitrogens with zero attached hydrogens (tertiary/aromatic N) is 1. The molecule has 0 spiro atoms. The molecular formula is C17H17ClN2O2S2. The summed E-state index contributed by atoms with van der Waals surface area (Å²) in [5, 5.41) is 0. The van der Waals surface area contributed by atoms with Gasteiger partial charge < -0.3 is 10.6 Å². The van der Waals surface area contributed by atoms with Crippen LogP contribution in [0.1, 0.15) is 15.2 Å². The molecule has 0 atom stereocenters. The Morgan fingerprint density at radius 1 is 1.29 bits per heavy atom. The highest BCUT2D eigenvalue weighted by atomic mass is 35.5. The van der Waals surface area contributed by atoms with Gasteiger partial charge in [0.15, 0.2) is 0 Å². The van der Waals surface area contributed by atoms with E-state index in [0.29, 0.717) is 23.0 Å². The molecule has 126 valence electrons. The van der Waals surface area contributed by atoms with Crippen molar-refractivity contribution in [3.8, 4) is 0 Å². The molecule has 0 aliphatic rings. The Kier molecular flexibility index (Phi) is 6.90. The highest BCUT2D eigenvalue weighted by Gasteiger charge is 2.19. The lowest BCUT2D eigenvalue weighted by Gasteiger charge is -2.21. The zero-order chi connectivity index (χ0) is 17.5. The zero-order valence-electron chi connectivity index (χ0n) is 12.9. The first kappa shape index (κ1) is 18.6. The van der Waals surface area contributed by atoms with E-state index in [1.54, 1.807) is 23.1 Å². The summed E-state index contributed by atoms with van der Waals surface area (Å²) < 4.78 is 0.688. The molecule has 0 aliphatic carbocycles. The number of hydrogen-bond acceptors (Lipinski definition) is 4. The van der Waals surface area contributed by atoms with Crippen LogP contribution in [0.15, 0.2) is 53.9 Å². The third-order valence-electron chi connectivity index (χ3n) is 3.10. The third-order valence-corrected chi connectivity index (χ3v) is 5.41. The molecule has 2 N–H and O–H groups in total. The molecule has 0 aliphatic heterocycles. The Bertz CT molecular complexity index is 746. The van der Waals surface area contributed by atoms with Crippen LogP contribution in [0.25, 0.3) is 0 Å². The van der Waals surface area contributed by atoms with E-state index in [4.69, 9.17) is 17.3 Å². The second-order valence-corrected chi connectivity index (χ2v) is 7.75. The fourth-order valence-corrected chi connectivity index (χ4v) is 3.98. The van der Waals surface area contributed by atoms with Gasteiger partial charge in [-0.2, -0.15) is 0 Å². The molecule has 2 aromatic rings. The van der Waals surface area contributed by atoms with Gasteiger partial charge in [0.1, 0.15) is 0 Å². The first-order valence-corrected chi connectivity index (χ1v) is 9.33. The molecule has 0 unspecified atom stereocenters. The number of thiophene rings is 1. The molecule has 1 aromatic carbocycles. The van der Waals surface area contributed by atoms with E-state index < -0.39 is 5.91 Å². The van der Waals surface area contributed by atoms with Crippen molar-refractivity contribution < 1.29 is 9.59 Å². The normalized spacial score (nSPS) is 10.4. The van der Waals surface area contributed by atoms with Gasteiger partial charge in [-0.15, -0.1) is 29.7 Å². The van der Waals surface area contributed by atoms with Crippen LogP contribution in [-0.2, 0) is 11.3 Å². The van der Waals surface area contributed by atoms with Crippen molar-refractivity contribution in [1.29, 1.82) is 0 Å². The quantitative estimate of drug-likeness (QED) is 0.559. The molecule has 0 saturated heterocycles. The van der Waals surface area contributed by atoms with Gasteiger partial charge in [0.2, 0.25) is 5.91 Å². The van der Waals surface area contributed by atoms with Crippen molar-refractivity contribution >= 4 is 46.5 Å². The minimum absolute atomic E-state index is 0.119. The molecule has 2 amide bonds. The summed E-state index contributed by atoms with van der Waals surface area (Å²) in [6.07, 6.45) is 1.69. The van der Waals surface area contributed by atoms with Crippen LogP contribution in [-0.4, -0.2) is 29.0 Å². The summed E-state index contributed by atoms with van der Waals surface area (Å²) in [5.74, 6) is -0.405. The van der Waals surface area contributed by atoms with E-state index in [2.05, 4.69) is 6.58 Å². The summed E-state index contributed by atoms with van der Waals surface area (Å²) in [6, 6.07) is 10.9. The Hall–Kier alpha value is -1.76. The second kappa shape index (κ2) is 8.92. The van der Waals surface area contributed by atoms with Gasteiger partial charge in [0.05, 0.1) is 22.2 Å². The van der Waals surface area contributed by atoms with Gasteiger partial charge >= 0.3 is 0 Å². The molecule has 1 heterocycles. The van der Waals surface area contributed by atoms with E-state index in [0.717, 1.165) is 9.77 Å². The lowest BCUT2D eigenvalue weighted by molar-refractivity contribution is -0.115. The van der Waals surface area contributed by atoms with Crippen LogP contribution in [0.2, 0.25) is 4.34 Å². The molecule has 4 nitrogen and oxygen atoms in total. The maximum absolute atomic E-state index is 12.9. The largest absolute Gasteiger partial charge is 0.369 e. The smallest absolute Gasteiger partial charge is 0.255 e.